The van der Waals surface area contributed by atoms with Gasteiger partial charge in [-0.3, -0.25) is 10.1 Å². The van der Waals surface area contributed by atoms with Crippen LogP contribution in [-0.2, 0) is 11.2 Å². The third-order valence-corrected chi connectivity index (χ3v) is 4.37. The lowest BCUT2D eigenvalue weighted by Crippen LogP contribution is -2.37. The highest BCUT2D eigenvalue weighted by Gasteiger charge is 2.39. The second-order valence-electron chi connectivity index (χ2n) is 4.37. The highest BCUT2D eigenvalue weighted by molar-refractivity contribution is 7.15. The first kappa shape index (κ1) is 12.4. The van der Waals surface area contributed by atoms with Crippen molar-refractivity contribution in [2.75, 3.05) is 18.4 Å². The molecule has 1 amide bonds. The largest absolute Gasteiger partial charge is 0.316 e. The summed E-state index contributed by atoms with van der Waals surface area (Å²) < 4.78 is 0. The van der Waals surface area contributed by atoms with E-state index in [1.807, 2.05) is 6.92 Å². The lowest BCUT2D eigenvalue weighted by atomic mass is 9.83. The summed E-state index contributed by atoms with van der Waals surface area (Å²) in [5.41, 5.74) is -0.266. The van der Waals surface area contributed by atoms with Crippen molar-refractivity contribution in [1.82, 2.24) is 15.5 Å². The van der Waals surface area contributed by atoms with Crippen molar-refractivity contribution < 1.29 is 4.79 Å². The molecule has 0 spiro atoms. The number of carbonyl (C=O) groups excluding carboxylic acids is 1. The normalized spacial score (nSPS) is 23.9. The van der Waals surface area contributed by atoms with Gasteiger partial charge in [0.25, 0.3) is 0 Å². The van der Waals surface area contributed by atoms with E-state index < -0.39 is 0 Å². The summed E-state index contributed by atoms with van der Waals surface area (Å²) in [6.07, 6.45) is 2.61. The van der Waals surface area contributed by atoms with Crippen LogP contribution in [0.15, 0.2) is 0 Å². The maximum absolute atomic E-state index is 12.3. The van der Waals surface area contributed by atoms with Crippen LogP contribution in [0.25, 0.3) is 0 Å². The van der Waals surface area contributed by atoms with Crippen molar-refractivity contribution in [1.29, 1.82) is 0 Å². The van der Waals surface area contributed by atoms with E-state index in [0.29, 0.717) is 5.13 Å². The number of hydrogen-bond acceptors (Lipinski definition) is 5. The van der Waals surface area contributed by atoms with E-state index in [4.69, 9.17) is 0 Å². The van der Waals surface area contributed by atoms with Gasteiger partial charge in [0.15, 0.2) is 0 Å². The number of carbonyl (C=O) groups is 1. The van der Waals surface area contributed by atoms with Crippen molar-refractivity contribution in [2.45, 2.75) is 33.1 Å². The number of aryl methyl sites for hydroxylation is 1. The molecule has 1 saturated heterocycles. The quantitative estimate of drug-likeness (QED) is 0.853. The Bertz CT molecular complexity index is 398. The van der Waals surface area contributed by atoms with Crippen molar-refractivity contribution in [3.8, 4) is 0 Å². The molecule has 0 bridgehead atoms. The van der Waals surface area contributed by atoms with Gasteiger partial charge >= 0.3 is 0 Å². The number of amides is 1. The monoisotopic (exact) mass is 254 g/mol. The van der Waals surface area contributed by atoms with Crippen LogP contribution in [0.4, 0.5) is 5.13 Å². The number of anilines is 1. The summed E-state index contributed by atoms with van der Waals surface area (Å²) in [5.74, 6) is 0.0730. The average Bonchev–Trinajstić information content (AvgIpc) is 2.97. The van der Waals surface area contributed by atoms with Crippen molar-refractivity contribution >= 4 is 22.4 Å². The summed E-state index contributed by atoms with van der Waals surface area (Å²) in [6, 6.07) is 0. The fourth-order valence-corrected chi connectivity index (χ4v) is 2.75. The van der Waals surface area contributed by atoms with Crippen LogP contribution in [0.3, 0.4) is 0 Å². The lowest BCUT2D eigenvalue weighted by Gasteiger charge is -2.24. The Morgan fingerprint density at radius 1 is 1.53 bits per heavy atom. The molecule has 1 aliphatic heterocycles. The third kappa shape index (κ3) is 2.47. The SMILES string of the molecule is CCc1nnc(NC(=O)C2(CC)CCNC2)s1. The Kier molecular flexibility index (Phi) is 3.73. The van der Waals surface area contributed by atoms with E-state index in [-0.39, 0.29) is 11.3 Å². The minimum Gasteiger partial charge on any atom is -0.316 e. The molecule has 2 rings (SSSR count). The number of aromatic nitrogens is 2. The first-order chi connectivity index (χ1) is 8.20. The molecule has 0 saturated carbocycles. The Labute approximate surface area is 105 Å². The Hall–Kier alpha value is -1.01. The predicted molar refractivity (Wildman–Crippen MR) is 68.1 cm³/mol. The number of nitrogens with one attached hydrogen (secondary N) is 2. The van der Waals surface area contributed by atoms with E-state index in [2.05, 4.69) is 27.8 Å². The van der Waals surface area contributed by atoms with Crippen molar-refractivity contribution in [2.24, 2.45) is 5.41 Å². The van der Waals surface area contributed by atoms with Gasteiger partial charge < -0.3 is 5.32 Å². The molecule has 1 aliphatic rings. The molecule has 1 aromatic rings. The fraction of sp³-hybridized carbons (Fsp3) is 0.727. The van der Waals surface area contributed by atoms with Gasteiger partial charge in [-0.1, -0.05) is 25.2 Å². The molecule has 5 nitrogen and oxygen atoms in total. The molecule has 1 atom stereocenters. The van der Waals surface area contributed by atoms with Crippen LogP contribution in [-0.4, -0.2) is 29.2 Å². The molecule has 2 heterocycles. The van der Waals surface area contributed by atoms with Crippen molar-refractivity contribution in [3.63, 3.8) is 0 Å². The van der Waals surface area contributed by atoms with Gasteiger partial charge in [-0.15, -0.1) is 10.2 Å². The molecule has 0 radical (unpaired) electrons. The fourth-order valence-electron chi connectivity index (χ4n) is 2.08. The van der Waals surface area contributed by atoms with Crippen molar-refractivity contribution in [3.05, 3.63) is 5.01 Å². The number of rotatable bonds is 4. The maximum atomic E-state index is 12.3. The molecular weight excluding hydrogens is 236 g/mol. The Balaban J connectivity index is 2.05. The van der Waals surface area contributed by atoms with E-state index in [9.17, 15) is 4.79 Å². The average molecular weight is 254 g/mol. The third-order valence-electron chi connectivity index (χ3n) is 3.39. The zero-order chi connectivity index (χ0) is 12.3. The van der Waals surface area contributed by atoms with Crippen LogP contribution >= 0.6 is 11.3 Å². The zero-order valence-electron chi connectivity index (χ0n) is 10.2. The standard InChI is InChI=1S/C11H18N4OS/c1-3-8-14-15-10(17-8)13-9(16)11(4-2)5-6-12-7-11/h12H,3-7H2,1-2H3,(H,13,15,16). The maximum Gasteiger partial charge on any atom is 0.233 e. The van der Waals surface area contributed by atoms with Gasteiger partial charge in [0.05, 0.1) is 5.41 Å². The van der Waals surface area contributed by atoms with E-state index in [1.54, 1.807) is 0 Å². The molecule has 0 aromatic carbocycles. The van der Waals surface area contributed by atoms with Gasteiger partial charge in [-0.05, 0) is 25.8 Å². The predicted octanol–water partition coefficient (Wildman–Crippen LogP) is 1.43. The molecule has 1 fully saturated rings. The molecule has 0 aliphatic carbocycles. The van der Waals surface area contributed by atoms with E-state index >= 15 is 0 Å². The Morgan fingerprint density at radius 2 is 2.35 bits per heavy atom. The van der Waals surface area contributed by atoms with Gasteiger partial charge in [-0.25, -0.2) is 0 Å². The first-order valence-corrected chi connectivity index (χ1v) is 6.86. The van der Waals surface area contributed by atoms with Crippen LogP contribution in [0.1, 0.15) is 31.7 Å². The van der Waals surface area contributed by atoms with Gasteiger partial charge in [0.2, 0.25) is 11.0 Å². The second kappa shape index (κ2) is 5.10. The van der Waals surface area contributed by atoms with Gasteiger partial charge in [0.1, 0.15) is 5.01 Å². The van der Waals surface area contributed by atoms with Crippen LogP contribution < -0.4 is 10.6 Å². The molecule has 17 heavy (non-hydrogen) atoms. The summed E-state index contributed by atoms with van der Waals surface area (Å²) in [4.78, 5) is 12.3. The second-order valence-corrected chi connectivity index (χ2v) is 5.43. The van der Waals surface area contributed by atoms with Gasteiger partial charge in [-0.2, -0.15) is 0 Å². The topological polar surface area (TPSA) is 66.9 Å². The highest BCUT2D eigenvalue weighted by Crippen LogP contribution is 2.31. The Morgan fingerprint density at radius 3 is 2.88 bits per heavy atom. The van der Waals surface area contributed by atoms with E-state index in [1.165, 1.54) is 11.3 Å². The van der Waals surface area contributed by atoms with Gasteiger partial charge in [0, 0.05) is 6.54 Å². The zero-order valence-corrected chi connectivity index (χ0v) is 11.1. The summed E-state index contributed by atoms with van der Waals surface area (Å²) in [5, 5.41) is 15.7. The smallest absolute Gasteiger partial charge is 0.233 e. The minimum absolute atomic E-state index is 0.0730. The molecule has 2 N–H and O–H groups in total. The first-order valence-electron chi connectivity index (χ1n) is 6.05. The summed E-state index contributed by atoms with van der Waals surface area (Å²) in [7, 11) is 0. The lowest BCUT2D eigenvalue weighted by molar-refractivity contribution is -0.124. The van der Waals surface area contributed by atoms with Crippen LogP contribution in [0.2, 0.25) is 0 Å². The summed E-state index contributed by atoms with van der Waals surface area (Å²) in [6.45, 7) is 5.76. The molecule has 94 valence electrons. The number of nitrogens with zero attached hydrogens (tertiary/aromatic N) is 2. The summed E-state index contributed by atoms with van der Waals surface area (Å²) >= 11 is 1.45. The molecule has 1 aromatic heterocycles. The number of hydrogen-bond donors (Lipinski definition) is 2. The highest BCUT2D eigenvalue weighted by atomic mass is 32.1. The van der Waals surface area contributed by atoms with Crippen LogP contribution in [0, 0.1) is 5.41 Å². The molecule has 6 heteroatoms. The molecule has 1 unspecified atom stereocenters. The molecular formula is C11H18N4OS. The minimum atomic E-state index is -0.266. The van der Waals surface area contributed by atoms with Crippen LogP contribution in [0.5, 0.6) is 0 Å². The van der Waals surface area contributed by atoms with E-state index in [0.717, 1.165) is 37.4 Å².